The van der Waals surface area contributed by atoms with E-state index in [0.717, 1.165) is 35.5 Å². The fourth-order valence-corrected chi connectivity index (χ4v) is 6.67. The van der Waals surface area contributed by atoms with E-state index in [2.05, 4.69) is 15.3 Å². The molecule has 1 aliphatic heterocycles. The third kappa shape index (κ3) is 5.10. The van der Waals surface area contributed by atoms with Crippen LogP contribution in [0.2, 0.25) is 0 Å². The summed E-state index contributed by atoms with van der Waals surface area (Å²) in [6.07, 6.45) is 6.15. The number of hydrogen-bond acceptors (Lipinski definition) is 8. The van der Waals surface area contributed by atoms with E-state index in [-0.39, 0.29) is 28.3 Å². The summed E-state index contributed by atoms with van der Waals surface area (Å²) in [7, 11) is -2.40. The lowest BCUT2D eigenvalue weighted by molar-refractivity contribution is 0.0678. The summed E-state index contributed by atoms with van der Waals surface area (Å²) in [6, 6.07) is 13.5. The van der Waals surface area contributed by atoms with E-state index >= 15 is 0 Å². The highest BCUT2D eigenvalue weighted by molar-refractivity contribution is 7.90. The number of carbonyl (C=O) groups is 1. The van der Waals surface area contributed by atoms with Crippen LogP contribution in [0.1, 0.15) is 48.5 Å². The molecule has 10 nitrogen and oxygen atoms in total. The number of aryl methyl sites for hydroxylation is 1. The second-order valence-electron chi connectivity index (χ2n) is 10.8. The Labute approximate surface area is 239 Å². The van der Waals surface area contributed by atoms with Gasteiger partial charge in [0.1, 0.15) is 5.75 Å². The van der Waals surface area contributed by atoms with Crippen molar-refractivity contribution in [2.24, 2.45) is 5.41 Å². The van der Waals surface area contributed by atoms with E-state index in [1.165, 1.54) is 26.1 Å². The Bertz CT molecular complexity index is 1720. The van der Waals surface area contributed by atoms with Crippen LogP contribution in [-0.2, 0) is 10.0 Å². The minimum atomic E-state index is -3.93. The quantitative estimate of drug-likeness (QED) is 0.307. The molecule has 1 amide bonds. The van der Waals surface area contributed by atoms with Gasteiger partial charge in [0, 0.05) is 24.8 Å². The first kappa shape index (κ1) is 27.1. The molecule has 41 heavy (non-hydrogen) atoms. The van der Waals surface area contributed by atoms with Crippen molar-refractivity contribution < 1.29 is 22.7 Å². The van der Waals surface area contributed by atoms with Crippen molar-refractivity contribution in [3.63, 3.8) is 0 Å². The van der Waals surface area contributed by atoms with Gasteiger partial charge in [0.05, 0.1) is 29.7 Å². The molecule has 2 aromatic carbocycles. The summed E-state index contributed by atoms with van der Waals surface area (Å²) in [5.74, 6) is 0.807. The monoisotopic (exact) mass is 575 g/mol. The molecule has 1 saturated carbocycles. The molecular weight excluding hydrogens is 542 g/mol. The lowest BCUT2D eigenvalue weighted by Gasteiger charge is -2.32. The number of benzene rings is 2. The molecule has 0 atom stereocenters. The van der Waals surface area contributed by atoms with Gasteiger partial charge in [0.2, 0.25) is 11.8 Å². The Morgan fingerprint density at radius 2 is 1.76 bits per heavy atom. The van der Waals surface area contributed by atoms with Crippen LogP contribution in [-0.4, -0.2) is 60.0 Å². The minimum Gasteiger partial charge on any atom is -0.495 e. The van der Waals surface area contributed by atoms with Crippen molar-refractivity contribution in [2.45, 2.75) is 44.4 Å². The van der Waals surface area contributed by atoms with Gasteiger partial charge in [-0.1, -0.05) is 17.7 Å². The van der Waals surface area contributed by atoms with Crippen molar-refractivity contribution in [1.29, 1.82) is 0 Å². The number of fused-ring (bicyclic) bond motifs is 1. The van der Waals surface area contributed by atoms with Crippen LogP contribution in [0, 0.1) is 12.3 Å². The lowest BCUT2D eigenvalue weighted by atomic mass is 9.93. The Balaban J connectivity index is 1.32. The maximum absolute atomic E-state index is 13.5. The SMILES string of the molecule is CCOc1nc(Nc2ccc(C(=O)N3CCC4(CC3)CC4)cc2OC)nc2c1ccn2S(=O)(=O)c1ccc(C)cc1. The zero-order chi connectivity index (χ0) is 28.8. The van der Waals surface area contributed by atoms with E-state index in [0.29, 0.717) is 34.4 Å². The number of hydrogen-bond donors (Lipinski definition) is 1. The molecule has 11 heteroatoms. The summed E-state index contributed by atoms with van der Waals surface area (Å²) in [5, 5.41) is 3.60. The van der Waals surface area contributed by atoms with Crippen molar-refractivity contribution in [2.75, 3.05) is 32.1 Å². The van der Waals surface area contributed by atoms with Gasteiger partial charge in [-0.25, -0.2) is 12.4 Å². The molecule has 4 aromatic rings. The molecule has 0 bridgehead atoms. The van der Waals surface area contributed by atoms with Crippen LogP contribution < -0.4 is 14.8 Å². The maximum Gasteiger partial charge on any atom is 0.269 e. The van der Waals surface area contributed by atoms with E-state index in [1.54, 1.807) is 48.5 Å². The number of nitrogens with one attached hydrogen (secondary N) is 1. The van der Waals surface area contributed by atoms with Crippen molar-refractivity contribution in [3.05, 3.63) is 65.9 Å². The summed E-state index contributed by atoms with van der Waals surface area (Å²) in [4.78, 5) is 24.4. The average Bonchev–Trinajstić information content (AvgIpc) is 3.57. The van der Waals surface area contributed by atoms with Crippen LogP contribution in [0.4, 0.5) is 11.6 Å². The number of nitrogens with zero attached hydrogens (tertiary/aromatic N) is 4. The molecule has 6 rings (SSSR count). The van der Waals surface area contributed by atoms with Gasteiger partial charge >= 0.3 is 0 Å². The standard InChI is InChI=1S/C30H33N5O5S/c1-4-40-27-23-11-16-35(41(37,38)22-8-5-20(2)6-9-22)26(23)32-29(33-27)31-24-10-7-21(19-25(24)39-3)28(36)34-17-14-30(12-13-30)15-18-34/h5-11,16,19H,4,12-15,17-18H2,1-3H3,(H,31,32,33). The Kier molecular flexibility index (Phi) is 6.85. The van der Waals surface area contributed by atoms with Crippen LogP contribution in [0.3, 0.4) is 0 Å². The molecule has 2 aromatic heterocycles. The van der Waals surface area contributed by atoms with Gasteiger partial charge in [-0.2, -0.15) is 9.97 Å². The number of piperidine rings is 1. The Morgan fingerprint density at radius 1 is 1.02 bits per heavy atom. The molecule has 2 aliphatic rings. The first-order valence-electron chi connectivity index (χ1n) is 13.8. The fourth-order valence-electron chi connectivity index (χ4n) is 5.38. The molecule has 1 spiro atoms. The smallest absolute Gasteiger partial charge is 0.269 e. The molecular formula is C30H33N5O5S. The van der Waals surface area contributed by atoms with Gasteiger partial charge in [0.15, 0.2) is 5.65 Å². The van der Waals surface area contributed by atoms with Gasteiger partial charge in [-0.3, -0.25) is 4.79 Å². The van der Waals surface area contributed by atoms with Gasteiger partial charge < -0.3 is 19.7 Å². The van der Waals surface area contributed by atoms with Crippen molar-refractivity contribution >= 4 is 38.6 Å². The zero-order valence-electron chi connectivity index (χ0n) is 23.4. The van der Waals surface area contributed by atoms with Crippen LogP contribution in [0.5, 0.6) is 11.6 Å². The van der Waals surface area contributed by atoms with Crippen molar-refractivity contribution in [1.82, 2.24) is 18.8 Å². The summed E-state index contributed by atoms with van der Waals surface area (Å²) < 4.78 is 39.5. The van der Waals surface area contributed by atoms with E-state index in [9.17, 15) is 13.2 Å². The Morgan fingerprint density at radius 3 is 2.41 bits per heavy atom. The molecule has 2 fully saturated rings. The number of methoxy groups -OCH3 is 1. The normalized spacial score (nSPS) is 16.1. The van der Waals surface area contributed by atoms with E-state index in [1.807, 2.05) is 18.7 Å². The number of amides is 1. The first-order chi connectivity index (χ1) is 19.7. The lowest BCUT2D eigenvalue weighted by Crippen LogP contribution is -2.39. The molecule has 1 aliphatic carbocycles. The fraction of sp³-hybridized carbons (Fsp3) is 0.367. The van der Waals surface area contributed by atoms with Gasteiger partial charge in [0.25, 0.3) is 15.9 Å². The third-order valence-corrected chi connectivity index (χ3v) is 9.78. The topological polar surface area (TPSA) is 116 Å². The van der Waals surface area contributed by atoms with Crippen LogP contribution in [0.15, 0.2) is 59.6 Å². The number of carbonyl (C=O) groups excluding carboxylic acids is 1. The molecule has 3 heterocycles. The number of rotatable bonds is 8. The Hall–Kier alpha value is -4.12. The number of ether oxygens (including phenoxy) is 2. The summed E-state index contributed by atoms with van der Waals surface area (Å²) >= 11 is 0. The predicted molar refractivity (Wildman–Crippen MR) is 156 cm³/mol. The molecule has 214 valence electrons. The van der Waals surface area contributed by atoms with Gasteiger partial charge in [-0.05, 0) is 81.3 Å². The number of anilines is 2. The number of aromatic nitrogens is 3. The summed E-state index contributed by atoms with van der Waals surface area (Å²) in [5.41, 5.74) is 2.70. The predicted octanol–water partition coefficient (Wildman–Crippen LogP) is 5.14. The van der Waals surface area contributed by atoms with Crippen LogP contribution >= 0.6 is 0 Å². The first-order valence-corrected chi connectivity index (χ1v) is 15.3. The highest BCUT2D eigenvalue weighted by atomic mass is 32.2. The van der Waals surface area contributed by atoms with Crippen LogP contribution in [0.25, 0.3) is 11.0 Å². The molecule has 0 unspecified atom stereocenters. The second kappa shape index (κ2) is 10.4. The average molecular weight is 576 g/mol. The van der Waals surface area contributed by atoms with Gasteiger partial charge in [-0.15, -0.1) is 0 Å². The largest absolute Gasteiger partial charge is 0.495 e. The van der Waals surface area contributed by atoms with E-state index < -0.39 is 10.0 Å². The third-order valence-electron chi connectivity index (χ3n) is 8.10. The molecule has 0 radical (unpaired) electrons. The maximum atomic E-state index is 13.5. The highest BCUT2D eigenvalue weighted by Gasteiger charge is 2.45. The molecule has 1 N–H and O–H groups in total. The second-order valence-corrected chi connectivity index (χ2v) is 12.6. The molecule has 1 saturated heterocycles. The van der Waals surface area contributed by atoms with E-state index in [4.69, 9.17) is 9.47 Å². The zero-order valence-corrected chi connectivity index (χ0v) is 24.2. The number of likely N-dealkylation sites (tertiary alicyclic amines) is 1. The minimum absolute atomic E-state index is 0.0132. The van der Waals surface area contributed by atoms with Crippen molar-refractivity contribution in [3.8, 4) is 11.6 Å². The summed E-state index contributed by atoms with van der Waals surface area (Å²) in [6.45, 7) is 5.61. The highest BCUT2D eigenvalue weighted by Crippen LogP contribution is 2.53.